The van der Waals surface area contributed by atoms with E-state index in [1.807, 2.05) is 0 Å². The average molecular weight is 316 g/mol. The van der Waals surface area contributed by atoms with Crippen LogP contribution in [0.2, 0.25) is 0 Å². The van der Waals surface area contributed by atoms with Gasteiger partial charge in [0.1, 0.15) is 0 Å². The van der Waals surface area contributed by atoms with E-state index >= 15 is 0 Å². The number of carbonyl (C=O) groups is 2. The fourth-order valence-corrected chi connectivity index (χ4v) is 3.95. The standard InChI is InChI=1S/C14H24N2O4S/c1-21-13(5-3-2-4-6-13)9-15-12(19)16-14(11(17)18)7-8-20-10-14/h2-10H2,1H3,(H,17,18)(H2,15,16,19). The quantitative estimate of drug-likeness (QED) is 0.717. The van der Waals surface area contributed by atoms with E-state index < -0.39 is 17.5 Å². The molecule has 2 amide bonds. The summed E-state index contributed by atoms with van der Waals surface area (Å²) in [4.78, 5) is 23.4. The van der Waals surface area contributed by atoms with E-state index in [4.69, 9.17) is 4.74 Å². The molecule has 2 rings (SSSR count). The number of ether oxygens (including phenoxy) is 1. The fraction of sp³-hybridized carbons (Fsp3) is 0.857. The lowest BCUT2D eigenvalue weighted by Crippen LogP contribution is -2.59. The van der Waals surface area contributed by atoms with Gasteiger partial charge in [-0.15, -0.1) is 0 Å². The van der Waals surface area contributed by atoms with E-state index in [9.17, 15) is 14.7 Å². The molecule has 0 aromatic rings. The Hall–Kier alpha value is -0.950. The van der Waals surface area contributed by atoms with Crippen LogP contribution in [0.5, 0.6) is 0 Å². The molecule has 1 aliphatic carbocycles. The van der Waals surface area contributed by atoms with Gasteiger partial charge in [-0.25, -0.2) is 9.59 Å². The van der Waals surface area contributed by atoms with Crippen molar-refractivity contribution in [2.45, 2.75) is 48.8 Å². The highest BCUT2D eigenvalue weighted by Gasteiger charge is 2.44. The zero-order valence-corrected chi connectivity index (χ0v) is 13.3. The zero-order chi connectivity index (χ0) is 15.3. The molecule has 21 heavy (non-hydrogen) atoms. The minimum atomic E-state index is -1.27. The van der Waals surface area contributed by atoms with Crippen molar-refractivity contribution in [3.05, 3.63) is 0 Å². The summed E-state index contributed by atoms with van der Waals surface area (Å²) in [6, 6.07) is -0.415. The third-order valence-corrected chi connectivity index (χ3v) is 5.97. The van der Waals surface area contributed by atoms with Crippen molar-refractivity contribution in [3.8, 4) is 0 Å². The molecular formula is C14H24N2O4S. The van der Waals surface area contributed by atoms with Crippen LogP contribution >= 0.6 is 11.8 Å². The molecule has 6 nitrogen and oxygen atoms in total. The van der Waals surface area contributed by atoms with Crippen molar-refractivity contribution >= 4 is 23.8 Å². The van der Waals surface area contributed by atoms with Crippen LogP contribution in [0.15, 0.2) is 0 Å². The molecule has 2 fully saturated rings. The molecule has 1 heterocycles. The van der Waals surface area contributed by atoms with Gasteiger partial charge in [-0.3, -0.25) is 0 Å². The molecule has 2 aliphatic rings. The van der Waals surface area contributed by atoms with Gasteiger partial charge in [-0.05, 0) is 19.1 Å². The summed E-state index contributed by atoms with van der Waals surface area (Å²) in [5, 5.41) is 14.7. The molecule has 3 N–H and O–H groups in total. The van der Waals surface area contributed by atoms with Gasteiger partial charge < -0.3 is 20.5 Å². The predicted molar refractivity (Wildman–Crippen MR) is 81.7 cm³/mol. The molecule has 0 spiro atoms. The second kappa shape index (κ2) is 6.87. The topological polar surface area (TPSA) is 87.7 Å². The number of carboxylic acids is 1. The number of rotatable bonds is 5. The van der Waals surface area contributed by atoms with Crippen molar-refractivity contribution in [1.29, 1.82) is 0 Å². The van der Waals surface area contributed by atoms with E-state index in [1.165, 1.54) is 19.3 Å². The van der Waals surface area contributed by atoms with Crippen LogP contribution in [0.4, 0.5) is 4.79 Å². The molecule has 0 aromatic carbocycles. The third kappa shape index (κ3) is 3.83. The highest BCUT2D eigenvalue weighted by atomic mass is 32.2. The van der Waals surface area contributed by atoms with Gasteiger partial charge in [0.25, 0.3) is 0 Å². The monoisotopic (exact) mass is 316 g/mol. The minimum absolute atomic E-state index is 0.0312. The van der Waals surface area contributed by atoms with Crippen molar-refractivity contribution in [2.24, 2.45) is 0 Å². The molecule has 0 aromatic heterocycles. The first-order chi connectivity index (χ1) is 10.0. The largest absolute Gasteiger partial charge is 0.479 e. The lowest BCUT2D eigenvalue weighted by Gasteiger charge is -2.36. The number of urea groups is 1. The molecule has 0 radical (unpaired) electrons. The molecule has 7 heteroatoms. The SMILES string of the molecule is CSC1(CNC(=O)NC2(C(=O)O)CCOC2)CCCCC1. The van der Waals surface area contributed by atoms with Crippen molar-refractivity contribution in [3.63, 3.8) is 0 Å². The Morgan fingerprint density at radius 3 is 2.48 bits per heavy atom. The summed E-state index contributed by atoms with van der Waals surface area (Å²) in [6.07, 6.45) is 8.23. The lowest BCUT2D eigenvalue weighted by atomic mass is 9.88. The number of hydrogen-bond donors (Lipinski definition) is 3. The highest BCUT2D eigenvalue weighted by Crippen LogP contribution is 2.37. The Morgan fingerprint density at radius 1 is 1.24 bits per heavy atom. The maximum absolute atomic E-state index is 12.1. The molecule has 1 saturated heterocycles. The van der Waals surface area contributed by atoms with Crippen LogP contribution in [0.25, 0.3) is 0 Å². The minimum Gasteiger partial charge on any atom is -0.479 e. The van der Waals surface area contributed by atoms with Gasteiger partial charge in [0.2, 0.25) is 0 Å². The van der Waals surface area contributed by atoms with Gasteiger partial charge in [0.15, 0.2) is 5.54 Å². The van der Waals surface area contributed by atoms with Gasteiger partial charge in [0.05, 0.1) is 6.61 Å². The Kier molecular flexibility index (Phi) is 5.37. The Bertz CT molecular complexity index is 390. The summed E-state index contributed by atoms with van der Waals surface area (Å²) >= 11 is 1.80. The highest BCUT2D eigenvalue weighted by molar-refractivity contribution is 8.00. The molecule has 0 bridgehead atoms. The first-order valence-corrected chi connectivity index (χ1v) is 8.67. The maximum atomic E-state index is 12.1. The number of aliphatic carboxylic acids is 1. The molecule has 1 unspecified atom stereocenters. The zero-order valence-electron chi connectivity index (χ0n) is 12.4. The smallest absolute Gasteiger partial charge is 0.332 e. The predicted octanol–water partition coefficient (Wildman–Crippen LogP) is 1.60. The van der Waals surface area contributed by atoms with Gasteiger partial charge in [-0.2, -0.15) is 11.8 Å². The third-order valence-electron chi connectivity index (χ3n) is 4.55. The van der Waals surface area contributed by atoms with Crippen LogP contribution < -0.4 is 10.6 Å². The van der Waals surface area contributed by atoms with E-state index in [1.54, 1.807) is 11.8 Å². The van der Waals surface area contributed by atoms with Gasteiger partial charge in [-0.1, -0.05) is 19.3 Å². The lowest BCUT2D eigenvalue weighted by molar-refractivity contribution is -0.144. The fourth-order valence-electron chi connectivity index (χ4n) is 3.04. The van der Waals surface area contributed by atoms with Gasteiger partial charge in [0, 0.05) is 24.3 Å². The number of nitrogens with one attached hydrogen (secondary N) is 2. The normalized spacial score (nSPS) is 28.0. The second-order valence-corrected chi connectivity index (χ2v) is 7.22. The summed E-state index contributed by atoms with van der Waals surface area (Å²) in [5.74, 6) is -1.03. The number of hydrogen-bond acceptors (Lipinski definition) is 4. The summed E-state index contributed by atoms with van der Waals surface area (Å²) in [5.41, 5.74) is -1.27. The Morgan fingerprint density at radius 2 is 1.95 bits per heavy atom. The van der Waals surface area contributed by atoms with Crippen LogP contribution in [0.1, 0.15) is 38.5 Å². The first-order valence-electron chi connectivity index (χ1n) is 7.44. The van der Waals surface area contributed by atoms with Crippen LogP contribution in [0.3, 0.4) is 0 Å². The van der Waals surface area contributed by atoms with Crippen LogP contribution in [-0.2, 0) is 9.53 Å². The van der Waals surface area contributed by atoms with Crippen molar-refractivity contribution in [2.75, 3.05) is 26.0 Å². The maximum Gasteiger partial charge on any atom is 0.332 e. The van der Waals surface area contributed by atoms with E-state index in [0.29, 0.717) is 19.6 Å². The average Bonchev–Trinajstić information content (AvgIpc) is 2.96. The number of thioether (sulfide) groups is 1. The number of carboxylic acid groups (broad SMARTS) is 1. The molecule has 1 saturated carbocycles. The van der Waals surface area contributed by atoms with E-state index in [2.05, 4.69) is 16.9 Å². The Balaban J connectivity index is 1.87. The first kappa shape index (κ1) is 16.4. The van der Waals surface area contributed by atoms with Gasteiger partial charge >= 0.3 is 12.0 Å². The van der Waals surface area contributed by atoms with Crippen LogP contribution in [0, 0.1) is 0 Å². The number of carbonyl (C=O) groups excluding carboxylic acids is 1. The molecular weight excluding hydrogens is 292 g/mol. The van der Waals surface area contributed by atoms with E-state index in [-0.39, 0.29) is 11.4 Å². The summed E-state index contributed by atoms with van der Waals surface area (Å²) in [6.45, 7) is 0.974. The second-order valence-electron chi connectivity index (χ2n) is 5.95. The molecule has 120 valence electrons. The summed E-state index contributed by atoms with van der Waals surface area (Å²) < 4.78 is 5.23. The summed E-state index contributed by atoms with van der Waals surface area (Å²) in [7, 11) is 0. The molecule has 1 atom stereocenters. The Labute approximate surface area is 129 Å². The number of amides is 2. The molecule has 1 aliphatic heterocycles. The van der Waals surface area contributed by atoms with Crippen molar-refractivity contribution < 1.29 is 19.4 Å². The van der Waals surface area contributed by atoms with E-state index in [0.717, 1.165) is 12.8 Å². The van der Waals surface area contributed by atoms with Crippen molar-refractivity contribution in [1.82, 2.24) is 10.6 Å². The van der Waals surface area contributed by atoms with Crippen LogP contribution in [-0.4, -0.2) is 53.4 Å².